The van der Waals surface area contributed by atoms with Crippen molar-refractivity contribution < 1.29 is 13.2 Å². The first-order valence-electron chi connectivity index (χ1n) is 9.42. The van der Waals surface area contributed by atoms with Crippen molar-refractivity contribution in [3.8, 4) is 0 Å². The van der Waals surface area contributed by atoms with Crippen molar-refractivity contribution in [1.82, 2.24) is 4.31 Å². The van der Waals surface area contributed by atoms with Gasteiger partial charge in [-0.05, 0) is 35.8 Å². The minimum absolute atomic E-state index is 0.0165. The van der Waals surface area contributed by atoms with Crippen LogP contribution in [-0.2, 0) is 14.8 Å². The molecule has 0 aromatic heterocycles. The van der Waals surface area contributed by atoms with E-state index in [-0.39, 0.29) is 11.4 Å². The van der Waals surface area contributed by atoms with Crippen LogP contribution in [0.15, 0.2) is 95.9 Å². The third kappa shape index (κ3) is 3.61. The first-order chi connectivity index (χ1) is 14.0. The molecule has 0 aliphatic carbocycles. The predicted octanol–water partition coefficient (Wildman–Crippen LogP) is 4.39. The topological polar surface area (TPSA) is 54.5 Å². The molecule has 29 heavy (non-hydrogen) atoms. The van der Waals surface area contributed by atoms with Crippen LogP contribution in [0.25, 0.3) is 5.57 Å². The summed E-state index contributed by atoms with van der Waals surface area (Å²) in [5.41, 5.74) is 3.48. The Bertz CT molecular complexity index is 1150. The lowest BCUT2D eigenvalue weighted by Crippen LogP contribution is -2.43. The van der Waals surface area contributed by atoms with Gasteiger partial charge in [0.05, 0.1) is 17.4 Å². The second-order valence-corrected chi connectivity index (χ2v) is 8.92. The zero-order chi connectivity index (χ0) is 20.4. The summed E-state index contributed by atoms with van der Waals surface area (Å²) in [6.45, 7) is 1.91. The Kier molecular flexibility index (Phi) is 5.07. The van der Waals surface area contributed by atoms with Gasteiger partial charge in [0.2, 0.25) is 5.91 Å². The number of nitrogens with zero attached hydrogens (tertiary/aromatic N) is 1. The maximum absolute atomic E-state index is 13.5. The van der Waals surface area contributed by atoms with Gasteiger partial charge >= 0.3 is 0 Å². The lowest BCUT2D eigenvalue weighted by molar-refractivity contribution is -0.126. The summed E-state index contributed by atoms with van der Waals surface area (Å²) < 4.78 is 27.4. The fraction of sp³-hybridized carbons (Fsp3) is 0.125. The Labute approximate surface area is 171 Å². The second kappa shape index (κ2) is 7.68. The molecule has 0 fully saturated rings. The predicted molar refractivity (Wildman–Crippen MR) is 114 cm³/mol. The van der Waals surface area contributed by atoms with Crippen LogP contribution in [0.2, 0.25) is 0 Å². The van der Waals surface area contributed by atoms with Crippen LogP contribution in [-0.4, -0.2) is 25.2 Å². The molecule has 0 saturated heterocycles. The van der Waals surface area contributed by atoms with Crippen molar-refractivity contribution in [3.63, 3.8) is 0 Å². The second-order valence-electron chi connectivity index (χ2n) is 7.06. The molecule has 0 saturated carbocycles. The summed E-state index contributed by atoms with van der Waals surface area (Å²) >= 11 is 0. The summed E-state index contributed by atoms with van der Waals surface area (Å²) in [5, 5.41) is 0. The number of benzene rings is 3. The van der Waals surface area contributed by atoms with Crippen molar-refractivity contribution >= 4 is 21.5 Å². The van der Waals surface area contributed by atoms with Crippen molar-refractivity contribution in [1.29, 1.82) is 0 Å². The van der Waals surface area contributed by atoms with Crippen molar-refractivity contribution in [3.05, 3.63) is 108 Å². The van der Waals surface area contributed by atoms with E-state index < -0.39 is 21.8 Å². The number of amides is 1. The highest BCUT2D eigenvalue weighted by molar-refractivity contribution is 7.89. The van der Waals surface area contributed by atoms with Gasteiger partial charge in [-0.25, -0.2) is 12.7 Å². The number of carbonyl (C=O) groups excluding carboxylic acids is 1. The van der Waals surface area contributed by atoms with Crippen LogP contribution in [0.5, 0.6) is 0 Å². The van der Waals surface area contributed by atoms with Gasteiger partial charge in [-0.1, -0.05) is 84.4 Å². The Morgan fingerprint density at radius 1 is 0.828 bits per heavy atom. The van der Waals surface area contributed by atoms with E-state index >= 15 is 0 Å². The van der Waals surface area contributed by atoms with Crippen LogP contribution in [0.3, 0.4) is 0 Å². The smallest absolute Gasteiger partial charge is 0.266 e. The van der Waals surface area contributed by atoms with E-state index in [0.29, 0.717) is 0 Å². The minimum Gasteiger partial charge on any atom is -0.273 e. The molecule has 4 rings (SSSR count). The van der Waals surface area contributed by atoms with E-state index in [2.05, 4.69) is 0 Å². The average Bonchev–Trinajstić information content (AvgIpc) is 2.75. The zero-order valence-corrected chi connectivity index (χ0v) is 16.8. The summed E-state index contributed by atoms with van der Waals surface area (Å²) in [6, 6.07) is 25.5. The molecule has 3 aromatic rings. The van der Waals surface area contributed by atoms with Gasteiger partial charge in [-0.15, -0.1) is 0 Å². The van der Waals surface area contributed by atoms with Gasteiger partial charge in [-0.3, -0.25) is 4.79 Å². The summed E-state index contributed by atoms with van der Waals surface area (Å²) in [4.78, 5) is 13.6. The summed E-state index contributed by atoms with van der Waals surface area (Å²) in [7, 11) is -3.94. The van der Waals surface area contributed by atoms with E-state index in [9.17, 15) is 13.2 Å². The molecule has 1 unspecified atom stereocenters. The van der Waals surface area contributed by atoms with Crippen LogP contribution >= 0.6 is 0 Å². The van der Waals surface area contributed by atoms with Gasteiger partial charge in [0.25, 0.3) is 10.0 Å². The Morgan fingerprint density at radius 3 is 2.03 bits per heavy atom. The molecule has 0 N–H and O–H groups in total. The third-order valence-corrected chi connectivity index (χ3v) is 6.91. The molecule has 5 heteroatoms. The number of sulfonamides is 1. The van der Waals surface area contributed by atoms with Gasteiger partial charge in [0, 0.05) is 0 Å². The Hall–Kier alpha value is -3.18. The fourth-order valence-corrected chi connectivity index (χ4v) is 4.95. The SMILES string of the molecule is Cc1ccc(S(=O)(=O)N2CC=C(c3ccccc3)C(c3ccccc3)C2=O)cc1. The molecule has 0 radical (unpaired) electrons. The largest absolute Gasteiger partial charge is 0.273 e. The molecular formula is C24H21NO3S. The summed E-state index contributed by atoms with van der Waals surface area (Å²) in [6.07, 6.45) is 1.85. The third-order valence-electron chi connectivity index (χ3n) is 5.13. The fourth-order valence-electron chi connectivity index (χ4n) is 3.60. The minimum atomic E-state index is -3.94. The number of rotatable bonds is 4. The molecule has 4 nitrogen and oxygen atoms in total. The van der Waals surface area contributed by atoms with E-state index in [1.807, 2.05) is 73.7 Å². The van der Waals surface area contributed by atoms with Gasteiger partial charge in [0.15, 0.2) is 0 Å². The average molecular weight is 404 g/mol. The highest BCUT2D eigenvalue weighted by Crippen LogP contribution is 2.38. The monoisotopic (exact) mass is 403 g/mol. The highest BCUT2D eigenvalue weighted by Gasteiger charge is 2.39. The van der Waals surface area contributed by atoms with Crippen molar-refractivity contribution in [2.45, 2.75) is 17.7 Å². The maximum Gasteiger partial charge on any atom is 0.266 e. The molecule has 1 aliphatic rings. The van der Waals surface area contributed by atoms with Crippen molar-refractivity contribution in [2.75, 3.05) is 6.54 Å². The van der Waals surface area contributed by atoms with Gasteiger partial charge < -0.3 is 0 Å². The normalized spacial score (nSPS) is 17.1. The number of carbonyl (C=O) groups is 1. The molecule has 3 aromatic carbocycles. The lowest BCUT2D eigenvalue weighted by Gasteiger charge is -2.32. The molecular weight excluding hydrogens is 382 g/mol. The molecule has 0 spiro atoms. The Morgan fingerprint density at radius 2 is 1.41 bits per heavy atom. The first-order valence-corrected chi connectivity index (χ1v) is 10.9. The standard InChI is InChI=1S/C24H21NO3S/c1-18-12-14-21(15-13-18)29(27,28)25-17-16-22(19-8-4-2-5-9-19)23(24(25)26)20-10-6-3-7-11-20/h2-16,23H,17H2,1H3. The molecule has 1 amide bonds. The molecule has 0 bridgehead atoms. The molecule has 1 aliphatic heterocycles. The van der Waals surface area contributed by atoms with E-state index in [1.54, 1.807) is 24.3 Å². The van der Waals surface area contributed by atoms with Crippen LogP contribution < -0.4 is 0 Å². The maximum atomic E-state index is 13.5. The molecule has 1 heterocycles. The van der Waals surface area contributed by atoms with Crippen LogP contribution in [0.4, 0.5) is 0 Å². The van der Waals surface area contributed by atoms with E-state index in [1.165, 1.54) is 0 Å². The summed E-state index contributed by atoms with van der Waals surface area (Å²) in [5.74, 6) is -1.11. The first kappa shape index (κ1) is 19.2. The lowest BCUT2D eigenvalue weighted by atomic mass is 9.84. The highest BCUT2D eigenvalue weighted by atomic mass is 32.2. The van der Waals surface area contributed by atoms with Crippen LogP contribution in [0, 0.1) is 6.92 Å². The Balaban J connectivity index is 1.81. The number of hydrogen-bond donors (Lipinski definition) is 0. The molecule has 146 valence electrons. The van der Waals surface area contributed by atoms with E-state index in [4.69, 9.17) is 0 Å². The zero-order valence-electron chi connectivity index (χ0n) is 16.0. The molecule has 1 atom stereocenters. The van der Waals surface area contributed by atoms with Gasteiger partial charge in [0.1, 0.15) is 0 Å². The quantitative estimate of drug-likeness (QED) is 0.649. The number of hydrogen-bond acceptors (Lipinski definition) is 3. The number of aryl methyl sites for hydroxylation is 1. The van der Waals surface area contributed by atoms with E-state index in [0.717, 1.165) is 26.6 Å². The van der Waals surface area contributed by atoms with Gasteiger partial charge in [-0.2, -0.15) is 0 Å². The van der Waals surface area contributed by atoms with Crippen molar-refractivity contribution in [2.24, 2.45) is 0 Å². The van der Waals surface area contributed by atoms with Crippen LogP contribution in [0.1, 0.15) is 22.6 Å².